The predicted molar refractivity (Wildman–Crippen MR) is 107 cm³/mol. The first-order valence-corrected chi connectivity index (χ1v) is 8.52. The maximum absolute atomic E-state index is 11.2. The normalized spacial score (nSPS) is 9.92. The van der Waals surface area contributed by atoms with Gasteiger partial charge in [-0.3, -0.25) is 4.79 Å². The Labute approximate surface area is 150 Å². The van der Waals surface area contributed by atoms with Gasteiger partial charge in [0.25, 0.3) is 0 Å². The van der Waals surface area contributed by atoms with Gasteiger partial charge in [-0.1, -0.05) is 76.3 Å². The van der Waals surface area contributed by atoms with Crippen LogP contribution >= 0.6 is 12.2 Å². The molecule has 0 spiro atoms. The minimum atomic E-state index is 0.0326. The van der Waals surface area contributed by atoms with Crippen molar-refractivity contribution in [1.29, 1.82) is 0 Å². The van der Waals surface area contributed by atoms with Crippen molar-refractivity contribution in [2.24, 2.45) is 11.8 Å². The van der Waals surface area contributed by atoms with E-state index in [0.29, 0.717) is 5.92 Å². The second-order valence-electron chi connectivity index (χ2n) is 6.02. The molecule has 2 N–H and O–H groups in total. The van der Waals surface area contributed by atoms with E-state index >= 15 is 0 Å². The van der Waals surface area contributed by atoms with Gasteiger partial charge in [-0.05, 0) is 24.3 Å². The molecule has 0 fully saturated rings. The molecule has 4 heteroatoms. The highest BCUT2D eigenvalue weighted by Crippen LogP contribution is 2.08. The number of benzene rings is 2. The molecule has 0 bridgehead atoms. The van der Waals surface area contributed by atoms with Crippen LogP contribution in [0, 0.1) is 11.8 Å². The van der Waals surface area contributed by atoms with E-state index in [1.54, 1.807) is 0 Å². The van der Waals surface area contributed by atoms with Crippen molar-refractivity contribution in [1.82, 2.24) is 0 Å². The Balaban J connectivity index is 0.000000240. The molecule has 0 aromatic heterocycles. The van der Waals surface area contributed by atoms with Gasteiger partial charge in [0.1, 0.15) is 0 Å². The van der Waals surface area contributed by atoms with Crippen LogP contribution in [0.1, 0.15) is 27.7 Å². The average molecular weight is 343 g/mol. The SMILES string of the molecule is CC(C)C(=O)Nc1ccccc1.CC(C)C(=S)Nc1ccccc1. The molecule has 2 rings (SSSR count). The topological polar surface area (TPSA) is 41.1 Å². The Morgan fingerprint density at radius 3 is 1.54 bits per heavy atom. The zero-order valence-electron chi connectivity index (χ0n) is 14.7. The van der Waals surface area contributed by atoms with E-state index in [2.05, 4.69) is 24.5 Å². The zero-order valence-corrected chi connectivity index (χ0v) is 15.6. The van der Waals surface area contributed by atoms with Crippen molar-refractivity contribution < 1.29 is 4.79 Å². The fourth-order valence-electron chi connectivity index (χ4n) is 1.62. The van der Waals surface area contributed by atoms with E-state index in [1.165, 1.54) is 0 Å². The molecule has 0 unspecified atom stereocenters. The molecule has 0 saturated carbocycles. The number of carbonyl (C=O) groups is 1. The van der Waals surface area contributed by atoms with Crippen LogP contribution in [-0.4, -0.2) is 10.9 Å². The van der Waals surface area contributed by atoms with Crippen molar-refractivity contribution in [2.45, 2.75) is 27.7 Å². The zero-order chi connectivity index (χ0) is 17.9. The summed E-state index contributed by atoms with van der Waals surface area (Å²) in [6.45, 7) is 7.91. The highest BCUT2D eigenvalue weighted by molar-refractivity contribution is 7.80. The van der Waals surface area contributed by atoms with Gasteiger partial charge in [0, 0.05) is 23.2 Å². The van der Waals surface area contributed by atoms with Crippen LogP contribution in [0.4, 0.5) is 11.4 Å². The van der Waals surface area contributed by atoms with E-state index in [9.17, 15) is 4.79 Å². The first-order chi connectivity index (χ1) is 11.4. The molecule has 3 nitrogen and oxygen atoms in total. The molecular formula is C20H26N2OS. The average Bonchev–Trinajstić information content (AvgIpc) is 2.57. The number of carbonyl (C=O) groups excluding carboxylic acids is 1. The fourth-order valence-corrected chi connectivity index (χ4v) is 1.73. The van der Waals surface area contributed by atoms with Crippen molar-refractivity contribution in [3.05, 3.63) is 60.7 Å². The Kier molecular flexibility index (Phi) is 8.72. The lowest BCUT2D eigenvalue weighted by molar-refractivity contribution is -0.118. The van der Waals surface area contributed by atoms with Gasteiger partial charge in [-0.2, -0.15) is 0 Å². The molecule has 2 aromatic carbocycles. The number of nitrogens with one attached hydrogen (secondary N) is 2. The molecule has 0 saturated heterocycles. The molecule has 0 atom stereocenters. The lowest BCUT2D eigenvalue weighted by Crippen LogP contribution is -2.17. The van der Waals surface area contributed by atoms with E-state index in [-0.39, 0.29) is 11.8 Å². The van der Waals surface area contributed by atoms with E-state index in [1.807, 2.05) is 74.5 Å². The fraction of sp³-hybridized carbons (Fsp3) is 0.300. The van der Waals surface area contributed by atoms with Gasteiger partial charge in [-0.15, -0.1) is 0 Å². The number of thiocarbonyl (C=S) groups is 1. The van der Waals surface area contributed by atoms with Gasteiger partial charge >= 0.3 is 0 Å². The first-order valence-electron chi connectivity index (χ1n) is 8.12. The van der Waals surface area contributed by atoms with Crippen molar-refractivity contribution >= 4 is 34.5 Å². The Hall–Kier alpha value is -2.20. The summed E-state index contributed by atoms with van der Waals surface area (Å²) in [6, 6.07) is 19.5. The summed E-state index contributed by atoms with van der Waals surface area (Å²) in [7, 11) is 0. The summed E-state index contributed by atoms with van der Waals surface area (Å²) >= 11 is 5.15. The maximum Gasteiger partial charge on any atom is 0.226 e. The number of para-hydroxylation sites is 2. The molecule has 0 aliphatic heterocycles. The minimum absolute atomic E-state index is 0.0326. The van der Waals surface area contributed by atoms with E-state index in [4.69, 9.17) is 12.2 Å². The Morgan fingerprint density at radius 2 is 1.17 bits per heavy atom. The maximum atomic E-state index is 11.2. The third kappa shape index (κ3) is 7.88. The Bertz CT molecular complexity index is 567. The summed E-state index contributed by atoms with van der Waals surface area (Å²) < 4.78 is 0. The van der Waals surface area contributed by atoms with E-state index in [0.717, 1.165) is 16.4 Å². The number of hydrogen-bond acceptors (Lipinski definition) is 2. The van der Waals surface area contributed by atoms with Crippen LogP contribution in [0.2, 0.25) is 0 Å². The van der Waals surface area contributed by atoms with Gasteiger partial charge in [0.2, 0.25) is 5.91 Å². The first kappa shape index (κ1) is 19.8. The summed E-state index contributed by atoms with van der Waals surface area (Å²) in [5, 5.41) is 5.98. The van der Waals surface area contributed by atoms with Crippen LogP contribution in [0.15, 0.2) is 60.7 Å². The van der Waals surface area contributed by atoms with Gasteiger partial charge in [-0.25, -0.2) is 0 Å². The van der Waals surface area contributed by atoms with Gasteiger partial charge in [0.05, 0.1) is 4.99 Å². The molecule has 0 aliphatic carbocycles. The van der Waals surface area contributed by atoms with Gasteiger partial charge < -0.3 is 10.6 Å². The quantitative estimate of drug-likeness (QED) is 0.735. The standard InChI is InChI=1S/C10H13NO.C10H13NS/c2*1-8(2)10(12)11-9-6-4-3-5-7-9/h2*3-8H,1-2H3,(H,11,12). The summed E-state index contributed by atoms with van der Waals surface area (Å²) in [5.74, 6) is 0.492. The number of rotatable bonds is 4. The second kappa shape index (κ2) is 10.6. The molecule has 0 radical (unpaired) electrons. The van der Waals surface area contributed by atoms with Crippen LogP contribution in [0.5, 0.6) is 0 Å². The molecule has 128 valence electrons. The Morgan fingerprint density at radius 1 is 0.750 bits per heavy atom. The summed E-state index contributed by atoms with van der Waals surface area (Å²) in [5.41, 5.74) is 1.92. The van der Waals surface area contributed by atoms with Crippen LogP contribution < -0.4 is 10.6 Å². The highest BCUT2D eigenvalue weighted by Gasteiger charge is 2.05. The second-order valence-corrected chi connectivity index (χ2v) is 6.46. The van der Waals surface area contributed by atoms with Crippen LogP contribution in [0.3, 0.4) is 0 Å². The molecule has 0 aliphatic rings. The lowest BCUT2D eigenvalue weighted by Gasteiger charge is -2.09. The highest BCUT2D eigenvalue weighted by atomic mass is 32.1. The van der Waals surface area contributed by atoms with Crippen molar-refractivity contribution in [3.8, 4) is 0 Å². The minimum Gasteiger partial charge on any atom is -0.350 e. The smallest absolute Gasteiger partial charge is 0.226 e. The van der Waals surface area contributed by atoms with Gasteiger partial charge in [0.15, 0.2) is 0 Å². The predicted octanol–water partition coefficient (Wildman–Crippen LogP) is 5.36. The monoisotopic (exact) mass is 342 g/mol. The van der Waals surface area contributed by atoms with Crippen LogP contribution in [-0.2, 0) is 4.79 Å². The number of anilines is 2. The largest absolute Gasteiger partial charge is 0.350 e. The molecule has 0 heterocycles. The number of amides is 1. The van der Waals surface area contributed by atoms with Crippen LogP contribution in [0.25, 0.3) is 0 Å². The molecule has 24 heavy (non-hydrogen) atoms. The summed E-state index contributed by atoms with van der Waals surface area (Å²) in [4.78, 5) is 12.1. The third-order valence-electron chi connectivity index (χ3n) is 3.13. The molecule has 2 aromatic rings. The van der Waals surface area contributed by atoms with Crippen molar-refractivity contribution in [3.63, 3.8) is 0 Å². The van der Waals surface area contributed by atoms with E-state index < -0.39 is 0 Å². The van der Waals surface area contributed by atoms with Crippen molar-refractivity contribution in [2.75, 3.05) is 10.6 Å². The number of hydrogen-bond donors (Lipinski definition) is 2. The lowest BCUT2D eigenvalue weighted by atomic mass is 10.2. The third-order valence-corrected chi connectivity index (χ3v) is 3.70. The summed E-state index contributed by atoms with van der Waals surface area (Å²) in [6.07, 6.45) is 0. The molecule has 1 amide bonds. The molecular weight excluding hydrogens is 316 g/mol.